The Labute approximate surface area is 115 Å². The van der Waals surface area contributed by atoms with Crippen LogP contribution in [0.3, 0.4) is 0 Å². The van der Waals surface area contributed by atoms with Crippen LogP contribution in [0.5, 0.6) is 0 Å². The van der Waals surface area contributed by atoms with Gasteiger partial charge >= 0.3 is 0 Å². The van der Waals surface area contributed by atoms with Crippen molar-refractivity contribution in [3.05, 3.63) is 48.3 Å². The zero-order valence-corrected chi connectivity index (χ0v) is 11.0. The van der Waals surface area contributed by atoms with Crippen molar-refractivity contribution in [2.75, 3.05) is 0 Å². The predicted octanol–water partition coefficient (Wildman–Crippen LogP) is 0.0806. The van der Waals surface area contributed by atoms with Gasteiger partial charge in [0.1, 0.15) is 6.33 Å². The predicted molar refractivity (Wildman–Crippen MR) is 70.7 cm³/mol. The summed E-state index contributed by atoms with van der Waals surface area (Å²) >= 11 is 0. The fourth-order valence-corrected chi connectivity index (χ4v) is 1.84. The second kappa shape index (κ2) is 5.57. The molecule has 1 N–H and O–H groups in total. The molecule has 2 aromatic heterocycles. The molecule has 2 heterocycles. The van der Waals surface area contributed by atoms with Gasteiger partial charge in [0.2, 0.25) is 0 Å². The molecule has 0 aliphatic carbocycles. The summed E-state index contributed by atoms with van der Waals surface area (Å²) in [5.41, 5.74) is 0.935. The highest BCUT2D eigenvalue weighted by Gasteiger charge is 2.07. The van der Waals surface area contributed by atoms with Gasteiger partial charge in [0, 0.05) is 7.05 Å². The van der Waals surface area contributed by atoms with Crippen molar-refractivity contribution in [2.45, 2.75) is 13.1 Å². The van der Waals surface area contributed by atoms with Crippen LogP contribution in [0.1, 0.15) is 11.6 Å². The lowest BCUT2D eigenvalue weighted by molar-refractivity contribution is 0.616. The highest BCUT2D eigenvalue weighted by molar-refractivity contribution is 5.30. The second-order valence-electron chi connectivity index (χ2n) is 4.28. The van der Waals surface area contributed by atoms with Crippen molar-refractivity contribution in [1.82, 2.24) is 40.3 Å². The first kappa shape index (κ1) is 12.4. The molecule has 0 saturated carbocycles. The van der Waals surface area contributed by atoms with Gasteiger partial charge in [-0.15, -0.1) is 5.10 Å². The van der Waals surface area contributed by atoms with Crippen LogP contribution in [-0.2, 0) is 20.1 Å². The van der Waals surface area contributed by atoms with E-state index in [0.717, 1.165) is 17.3 Å². The lowest BCUT2D eigenvalue weighted by atomic mass is 10.3. The Morgan fingerprint density at radius 1 is 1.15 bits per heavy atom. The van der Waals surface area contributed by atoms with Crippen LogP contribution in [0.15, 0.2) is 36.7 Å². The van der Waals surface area contributed by atoms with Crippen LogP contribution in [0.25, 0.3) is 5.69 Å². The van der Waals surface area contributed by atoms with E-state index in [1.807, 2.05) is 37.4 Å². The fourth-order valence-electron chi connectivity index (χ4n) is 1.84. The summed E-state index contributed by atoms with van der Waals surface area (Å²) in [6.45, 7) is 1.11. The van der Waals surface area contributed by atoms with E-state index in [9.17, 15) is 0 Å². The minimum atomic E-state index is 0.542. The topological polar surface area (TPSA) is 86.3 Å². The third-order valence-electron chi connectivity index (χ3n) is 2.75. The molecule has 0 amide bonds. The summed E-state index contributed by atoms with van der Waals surface area (Å²) in [5, 5.41) is 19.2. The molecule has 8 nitrogen and oxygen atoms in total. The highest BCUT2D eigenvalue weighted by atomic mass is 15.5. The molecule has 20 heavy (non-hydrogen) atoms. The first-order valence-corrected chi connectivity index (χ1v) is 6.21. The lowest BCUT2D eigenvalue weighted by Crippen LogP contribution is -2.17. The Morgan fingerprint density at radius 3 is 2.75 bits per heavy atom. The van der Waals surface area contributed by atoms with Crippen LogP contribution < -0.4 is 5.32 Å². The summed E-state index contributed by atoms with van der Waals surface area (Å²) in [6.07, 6.45) is 1.67. The SMILES string of the molecule is Cn1cnc(CNCc2nnnn2-c2ccccc2)n1. The largest absolute Gasteiger partial charge is 0.303 e. The highest BCUT2D eigenvalue weighted by Crippen LogP contribution is 2.06. The van der Waals surface area contributed by atoms with Gasteiger partial charge < -0.3 is 5.32 Å². The monoisotopic (exact) mass is 270 g/mol. The van der Waals surface area contributed by atoms with E-state index in [0.29, 0.717) is 13.1 Å². The molecule has 3 aromatic rings. The van der Waals surface area contributed by atoms with Gasteiger partial charge in [0.05, 0.1) is 18.8 Å². The van der Waals surface area contributed by atoms with Gasteiger partial charge in [0.15, 0.2) is 11.6 Å². The van der Waals surface area contributed by atoms with Crippen molar-refractivity contribution in [2.24, 2.45) is 7.05 Å². The van der Waals surface area contributed by atoms with E-state index in [4.69, 9.17) is 0 Å². The molecule has 0 aliphatic rings. The van der Waals surface area contributed by atoms with Crippen LogP contribution in [0.2, 0.25) is 0 Å². The fraction of sp³-hybridized carbons (Fsp3) is 0.250. The Morgan fingerprint density at radius 2 is 2.00 bits per heavy atom. The van der Waals surface area contributed by atoms with Crippen molar-refractivity contribution in [3.63, 3.8) is 0 Å². The van der Waals surface area contributed by atoms with Gasteiger partial charge in [-0.2, -0.15) is 9.78 Å². The summed E-state index contributed by atoms with van der Waals surface area (Å²) in [5.74, 6) is 1.48. The van der Waals surface area contributed by atoms with Crippen LogP contribution >= 0.6 is 0 Å². The van der Waals surface area contributed by atoms with Crippen molar-refractivity contribution < 1.29 is 0 Å². The molecule has 0 saturated heterocycles. The van der Waals surface area contributed by atoms with Gasteiger partial charge in [-0.3, -0.25) is 4.68 Å². The molecule has 0 unspecified atom stereocenters. The number of para-hydroxylation sites is 1. The number of nitrogens with zero attached hydrogens (tertiary/aromatic N) is 7. The molecular weight excluding hydrogens is 256 g/mol. The zero-order valence-electron chi connectivity index (χ0n) is 11.0. The smallest absolute Gasteiger partial charge is 0.170 e. The number of hydrogen-bond acceptors (Lipinski definition) is 6. The number of tetrazole rings is 1. The number of aromatic nitrogens is 7. The molecular formula is C12H14N8. The van der Waals surface area contributed by atoms with Crippen LogP contribution in [-0.4, -0.2) is 35.0 Å². The number of benzene rings is 1. The van der Waals surface area contributed by atoms with E-state index >= 15 is 0 Å². The number of nitrogens with one attached hydrogen (secondary N) is 1. The molecule has 0 fully saturated rings. The zero-order chi connectivity index (χ0) is 13.8. The molecule has 0 spiro atoms. The summed E-state index contributed by atoms with van der Waals surface area (Å²) in [6, 6.07) is 9.77. The number of rotatable bonds is 5. The summed E-state index contributed by atoms with van der Waals surface area (Å²) in [7, 11) is 1.84. The van der Waals surface area contributed by atoms with Crippen molar-refractivity contribution >= 4 is 0 Å². The van der Waals surface area contributed by atoms with E-state index in [-0.39, 0.29) is 0 Å². The maximum Gasteiger partial charge on any atom is 0.170 e. The van der Waals surface area contributed by atoms with E-state index in [1.54, 1.807) is 15.7 Å². The normalized spacial score (nSPS) is 10.8. The average molecular weight is 270 g/mol. The first-order chi connectivity index (χ1) is 9.83. The Kier molecular flexibility index (Phi) is 3.46. The van der Waals surface area contributed by atoms with Crippen molar-refractivity contribution in [1.29, 1.82) is 0 Å². The van der Waals surface area contributed by atoms with Gasteiger partial charge in [-0.1, -0.05) is 18.2 Å². The van der Waals surface area contributed by atoms with Crippen LogP contribution in [0, 0.1) is 0 Å². The minimum absolute atomic E-state index is 0.542. The molecule has 0 aliphatic heterocycles. The summed E-state index contributed by atoms with van der Waals surface area (Å²) in [4.78, 5) is 4.15. The first-order valence-electron chi connectivity index (χ1n) is 6.21. The number of hydrogen-bond donors (Lipinski definition) is 1. The standard InChI is InChI=1S/C12H14N8/c1-19-9-14-11(16-19)7-13-8-12-15-17-18-20(12)10-5-3-2-4-6-10/h2-6,9,13H,7-8H2,1H3. The van der Waals surface area contributed by atoms with E-state index < -0.39 is 0 Å². The number of aryl methyl sites for hydroxylation is 1. The molecule has 1 aromatic carbocycles. The lowest BCUT2D eigenvalue weighted by Gasteiger charge is -2.04. The van der Waals surface area contributed by atoms with Gasteiger partial charge in [-0.25, -0.2) is 4.98 Å². The third-order valence-corrected chi connectivity index (χ3v) is 2.75. The molecule has 0 radical (unpaired) electrons. The average Bonchev–Trinajstić information content (AvgIpc) is 3.09. The quantitative estimate of drug-likeness (QED) is 0.706. The minimum Gasteiger partial charge on any atom is -0.303 e. The van der Waals surface area contributed by atoms with E-state index in [1.165, 1.54) is 0 Å². The molecule has 0 atom stereocenters. The maximum absolute atomic E-state index is 4.19. The Balaban J connectivity index is 1.65. The molecule has 8 heteroatoms. The molecule has 102 valence electrons. The van der Waals surface area contributed by atoms with E-state index in [2.05, 4.69) is 30.9 Å². The van der Waals surface area contributed by atoms with Crippen molar-refractivity contribution in [3.8, 4) is 5.69 Å². The Bertz CT molecular complexity index is 672. The third kappa shape index (κ3) is 2.69. The Hall–Kier alpha value is -2.61. The van der Waals surface area contributed by atoms with Crippen LogP contribution in [0.4, 0.5) is 0 Å². The second-order valence-corrected chi connectivity index (χ2v) is 4.28. The summed E-state index contributed by atoms with van der Waals surface area (Å²) < 4.78 is 3.38. The van der Waals surface area contributed by atoms with Gasteiger partial charge in [-0.05, 0) is 22.6 Å². The molecule has 0 bridgehead atoms. The molecule has 3 rings (SSSR count). The van der Waals surface area contributed by atoms with Gasteiger partial charge in [0.25, 0.3) is 0 Å². The maximum atomic E-state index is 4.19.